The summed E-state index contributed by atoms with van der Waals surface area (Å²) in [5.74, 6) is 0.461. The minimum Gasteiger partial charge on any atom is -0.454 e. The second-order valence-corrected chi connectivity index (χ2v) is 5.03. The van der Waals surface area contributed by atoms with Gasteiger partial charge in [0.1, 0.15) is 5.69 Å². The number of anilines is 1. The number of rotatable bonds is 4. The minimum atomic E-state index is -0.550. The highest BCUT2D eigenvalue weighted by atomic mass is 16.7. The van der Waals surface area contributed by atoms with Crippen LogP contribution in [0.1, 0.15) is 19.3 Å². The maximum atomic E-state index is 12.0. The Balaban J connectivity index is 1.77. The van der Waals surface area contributed by atoms with Crippen LogP contribution in [0.15, 0.2) is 12.1 Å². The van der Waals surface area contributed by atoms with Crippen LogP contribution in [0.25, 0.3) is 0 Å². The molecular formula is C13H15N3O5. The molecule has 2 heterocycles. The summed E-state index contributed by atoms with van der Waals surface area (Å²) >= 11 is 0. The van der Waals surface area contributed by atoms with E-state index in [-0.39, 0.29) is 30.1 Å². The first-order valence-corrected chi connectivity index (χ1v) is 6.75. The molecule has 8 nitrogen and oxygen atoms in total. The molecule has 21 heavy (non-hydrogen) atoms. The molecule has 1 amide bonds. The monoisotopic (exact) mass is 293 g/mol. The molecule has 1 atom stereocenters. The summed E-state index contributed by atoms with van der Waals surface area (Å²) in [5, 5.41) is 16.9. The molecule has 2 aliphatic rings. The lowest BCUT2D eigenvalue weighted by Crippen LogP contribution is -2.27. The van der Waals surface area contributed by atoms with Crippen molar-refractivity contribution in [1.82, 2.24) is 5.32 Å². The molecule has 0 saturated carbocycles. The topological polar surface area (TPSA) is 103 Å². The van der Waals surface area contributed by atoms with Gasteiger partial charge in [0.05, 0.1) is 11.0 Å². The Kier molecular flexibility index (Phi) is 3.61. The number of ether oxygens (including phenoxy) is 2. The van der Waals surface area contributed by atoms with Gasteiger partial charge in [-0.2, -0.15) is 0 Å². The number of amides is 1. The molecule has 0 bridgehead atoms. The van der Waals surface area contributed by atoms with Gasteiger partial charge in [-0.1, -0.05) is 0 Å². The third kappa shape index (κ3) is 2.89. The number of hydrogen-bond donors (Lipinski definition) is 2. The quantitative estimate of drug-likeness (QED) is 0.642. The lowest BCUT2D eigenvalue weighted by molar-refractivity contribution is -0.384. The molecule has 1 aromatic rings. The molecule has 8 heteroatoms. The van der Waals surface area contributed by atoms with E-state index in [9.17, 15) is 14.9 Å². The first kappa shape index (κ1) is 13.6. The van der Waals surface area contributed by atoms with Crippen molar-refractivity contribution in [2.24, 2.45) is 0 Å². The number of nitrogens with zero attached hydrogens (tertiary/aromatic N) is 1. The van der Waals surface area contributed by atoms with E-state index in [0.29, 0.717) is 17.9 Å². The summed E-state index contributed by atoms with van der Waals surface area (Å²) in [4.78, 5) is 22.5. The van der Waals surface area contributed by atoms with Crippen molar-refractivity contribution in [3.05, 3.63) is 22.2 Å². The summed E-state index contributed by atoms with van der Waals surface area (Å²) in [7, 11) is 0. The van der Waals surface area contributed by atoms with E-state index in [4.69, 9.17) is 9.47 Å². The number of carbonyl (C=O) groups excluding carboxylic acids is 1. The number of nitro benzene ring substituents is 1. The van der Waals surface area contributed by atoms with E-state index in [0.717, 1.165) is 19.4 Å². The van der Waals surface area contributed by atoms with Gasteiger partial charge in [0.25, 0.3) is 5.69 Å². The van der Waals surface area contributed by atoms with Crippen molar-refractivity contribution in [2.45, 2.75) is 25.3 Å². The number of nitrogens with one attached hydrogen (secondary N) is 2. The highest BCUT2D eigenvalue weighted by Gasteiger charge is 2.25. The van der Waals surface area contributed by atoms with Crippen LogP contribution < -0.4 is 20.1 Å². The Bertz CT molecular complexity index is 583. The van der Waals surface area contributed by atoms with Crippen molar-refractivity contribution < 1.29 is 19.2 Å². The van der Waals surface area contributed by atoms with Gasteiger partial charge in [0, 0.05) is 18.5 Å². The van der Waals surface area contributed by atoms with Crippen LogP contribution in [-0.2, 0) is 4.79 Å². The predicted molar refractivity (Wildman–Crippen MR) is 73.5 cm³/mol. The van der Waals surface area contributed by atoms with Gasteiger partial charge in [-0.15, -0.1) is 0 Å². The number of hydrogen-bond acceptors (Lipinski definition) is 6. The van der Waals surface area contributed by atoms with Crippen LogP contribution >= 0.6 is 0 Å². The van der Waals surface area contributed by atoms with Gasteiger partial charge in [0.2, 0.25) is 12.7 Å². The van der Waals surface area contributed by atoms with E-state index in [1.54, 1.807) is 0 Å². The van der Waals surface area contributed by atoms with Crippen molar-refractivity contribution in [3.63, 3.8) is 0 Å². The van der Waals surface area contributed by atoms with Gasteiger partial charge >= 0.3 is 0 Å². The number of nitro groups is 1. The molecule has 2 aliphatic heterocycles. The summed E-state index contributed by atoms with van der Waals surface area (Å²) in [6.45, 7) is 0.929. The Morgan fingerprint density at radius 2 is 2.19 bits per heavy atom. The van der Waals surface area contributed by atoms with E-state index >= 15 is 0 Å². The fourth-order valence-corrected chi connectivity index (χ4v) is 2.54. The van der Waals surface area contributed by atoms with Crippen molar-refractivity contribution >= 4 is 17.3 Å². The number of carbonyl (C=O) groups is 1. The van der Waals surface area contributed by atoms with Crippen LogP contribution in [0.2, 0.25) is 0 Å². The molecule has 0 aliphatic carbocycles. The van der Waals surface area contributed by atoms with E-state index in [1.165, 1.54) is 12.1 Å². The number of benzene rings is 1. The molecule has 1 unspecified atom stereocenters. The fourth-order valence-electron chi connectivity index (χ4n) is 2.54. The van der Waals surface area contributed by atoms with E-state index in [2.05, 4.69) is 10.6 Å². The molecule has 0 spiro atoms. The normalized spacial score (nSPS) is 19.5. The molecule has 3 rings (SSSR count). The molecule has 0 radical (unpaired) electrons. The molecule has 1 aromatic carbocycles. The third-order valence-electron chi connectivity index (χ3n) is 3.56. The SMILES string of the molecule is O=C(CC1CCCN1)Nc1cc2c(cc1[N+](=O)[O-])OCO2. The Morgan fingerprint density at radius 1 is 1.43 bits per heavy atom. The summed E-state index contributed by atoms with van der Waals surface area (Å²) < 4.78 is 10.3. The average molecular weight is 293 g/mol. The maximum Gasteiger partial charge on any atom is 0.296 e. The van der Waals surface area contributed by atoms with Crippen LogP contribution in [0.4, 0.5) is 11.4 Å². The second-order valence-electron chi connectivity index (χ2n) is 5.03. The van der Waals surface area contributed by atoms with Gasteiger partial charge in [-0.3, -0.25) is 14.9 Å². The summed E-state index contributed by atoms with van der Waals surface area (Å²) in [5.41, 5.74) is -0.0702. The minimum absolute atomic E-state index is 0.0237. The third-order valence-corrected chi connectivity index (χ3v) is 3.56. The lowest BCUT2D eigenvalue weighted by Gasteiger charge is -2.11. The average Bonchev–Trinajstić information content (AvgIpc) is 3.07. The molecule has 1 saturated heterocycles. The second kappa shape index (κ2) is 5.57. The Morgan fingerprint density at radius 3 is 2.86 bits per heavy atom. The molecule has 112 valence electrons. The first-order valence-electron chi connectivity index (χ1n) is 6.75. The zero-order valence-corrected chi connectivity index (χ0v) is 11.3. The van der Waals surface area contributed by atoms with Crippen molar-refractivity contribution in [2.75, 3.05) is 18.7 Å². The van der Waals surface area contributed by atoms with Gasteiger partial charge in [-0.05, 0) is 19.4 Å². The summed E-state index contributed by atoms with van der Waals surface area (Å²) in [6.07, 6.45) is 2.28. The standard InChI is InChI=1S/C13H15N3O5/c17-13(4-8-2-1-3-14-8)15-9-5-11-12(21-7-20-11)6-10(9)16(18)19/h5-6,8,14H,1-4,7H2,(H,15,17). The van der Waals surface area contributed by atoms with Crippen LogP contribution in [0.3, 0.4) is 0 Å². The molecular weight excluding hydrogens is 278 g/mol. The highest BCUT2D eigenvalue weighted by Crippen LogP contribution is 2.40. The zero-order valence-electron chi connectivity index (χ0n) is 11.3. The highest BCUT2D eigenvalue weighted by molar-refractivity contribution is 5.94. The van der Waals surface area contributed by atoms with Crippen LogP contribution in [0, 0.1) is 10.1 Å². The summed E-state index contributed by atoms with van der Waals surface area (Å²) in [6, 6.07) is 2.84. The van der Waals surface area contributed by atoms with E-state index < -0.39 is 4.92 Å². The Hall–Kier alpha value is -2.35. The molecule has 2 N–H and O–H groups in total. The van der Waals surface area contributed by atoms with Gasteiger partial charge < -0.3 is 20.1 Å². The smallest absolute Gasteiger partial charge is 0.296 e. The van der Waals surface area contributed by atoms with Crippen LogP contribution in [0.5, 0.6) is 11.5 Å². The predicted octanol–water partition coefficient (Wildman–Crippen LogP) is 1.40. The van der Waals surface area contributed by atoms with E-state index in [1.807, 2.05) is 0 Å². The molecule has 1 fully saturated rings. The van der Waals surface area contributed by atoms with Gasteiger partial charge in [-0.25, -0.2) is 0 Å². The van der Waals surface area contributed by atoms with Crippen molar-refractivity contribution in [3.8, 4) is 11.5 Å². The van der Waals surface area contributed by atoms with Crippen LogP contribution in [-0.4, -0.2) is 30.2 Å². The molecule has 0 aromatic heterocycles. The maximum absolute atomic E-state index is 12.0. The lowest BCUT2D eigenvalue weighted by atomic mass is 10.1. The first-order chi connectivity index (χ1) is 10.1. The fraction of sp³-hybridized carbons (Fsp3) is 0.462. The van der Waals surface area contributed by atoms with Gasteiger partial charge in [0.15, 0.2) is 11.5 Å². The Labute approximate surface area is 120 Å². The number of fused-ring (bicyclic) bond motifs is 1. The largest absolute Gasteiger partial charge is 0.454 e. The van der Waals surface area contributed by atoms with Crippen molar-refractivity contribution in [1.29, 1.82) is 0 Å². The zero-order chi connectivity index (χ0) is 14.8.